The number of nitrogens with one attached hydrogen (secondary N) is 1. The fourth-order valence-corrected chi connectivity index (χ4v) is 2.41. The normalized spacial score (nSPS) is 13.2. The van der Waals surface area contributed by atoms with Crippen molar-refractivity contribution in [3.05, 3.63) is 17.5 Å². The molecule has 4 nitrogen and oxygen atoms in total. The van der Waals surface area contributed by atoms with E-state index in [0.29, 0.717) is 6.04 Å². The Morgan fingerprint density at radius 3 is 2.47 bits per heavy atom. The van der Waals surface area contributed by atoms with Crippen LogP contribution in [0.2, 0.25) is 0 Å². The number of aryl methyl sites for hydroxylation is 2. The van der Waals surface area contributed by atoms with Crippen LogP contribution in [-0.2, 0) is 19.9 Å². The lowest BCUT2D eigenvalue weighted by atomic mass is 10.1. The van der Waals surface area contributed by atoms with Crippen molar-refractivity contribution in [1.29, 1.82) is 0 Å². The highest BCUT2D eigenvalue weighted by atomic mass is 15.3. The summed E-state index contributed by atoms with van der Waals surface area (Å²) >= 11 is 0. The molecule has 0 spiro atoms. The fourth-order valence-electron chi connectivity index (χ4n) is 2.41. The molecule has 110 valence electrons. The number of hydrogen-bond donors (Lipinski definition) is 1. The lowest BCUT2D eigenvalue weighted by Crippen LogP contribution is -2.34. The summed E-state index contributed by atoms with van der Waals surface area (Å²) < 4.78 is 2.03. The van der Waals surface area contributed by atoms with Crippen molar-refractivity contribution >= 4 is 0 Å². The van der Waals surface area contributed by atoms with E-state index in [1.165, 1.54) is 17.8 Å². The first-order valence-electron chi connectivity index (χ1n) is 7.55. The first kappa shape index (κ1) is 16.2. The Hall–Kier alpha value is -0.870. The molecule has 4 heteroatoms. The minimum absolute atomic E-state index is 0.528. The monoisotopic (exact) mass is 266 g/mol. The van der Waals surface area contributed by atoms with E-state index in [1.54, 1.807) is 0 Å². The molecule has 0 aliphatic heterocycles. The average Bonchev–Trinajstić information content (AvgIpc) is 2.79. The summed E-state index contributed by atoms with van der Waals surface area (Å²) in [4.78, 5) is 2.48. The highest BCUT2D eigenvalue weighted by Crippen LogP contribution is 2.09. The van der Waals surface area contributed by atoms with Crippen molar-refractivity contribution in [3.63, 3.8) is 0 Å². The lowest BCUT2D eigenvalue weighted by molar-refractivity contribution is 0.282. The second kappa shape index (κ2) is 8.33. The molecule has 1 atom stereocenters. The predicted molar refractivity (Wildman–Crippen MR) is 81.5 cm³/mol. The van der Waals surface area contributed by atoms with Gasteiger partial charge in [-0.05, 0) is 45.6 Å². The second-order valence-electron chi connectivity index (χ2n) is 5.11. The van der Waals surface area contributed by atoms with Crippen LogP contribution >= 0.6 is 0 Å². The predicted octanol–water partition coefficient (Wildman–Crippen LogP) is 1.84. The molecule has 0 amide bonds. The van der Waals surface area contributed by atoms with Crippen molar-refractivity contribution in [2.24, 2.45) is 7.05 Å². The van der Waals surface area contributed by atoms with Crippen LogP contribution in [0.25, 0.3) is 0 Å². The average molecular weight is 266 g/mol. The van der Waals surface area contributed by atoms with E-state index in [-0.39, 0.29) is 0 Å². The lowest BCUT2D eigenvalue weighted by Gasteiger charge is -2.22. The number of hydrogen-bond acceptors (Lipinski definition) is 3. The van der Waals surface area contributed by atoms with Gasteiger partial charge in [-0.1, -0.05) is 20.8 Å². The molecule has 19 heavy (non-hydrogen) atoms. The van der Waals surface area contributed by atoms with E-state index in [0.717, 1.165) is 32.5 Å². The van der Waals surface area contributed by atoms with E-state index < -0.39 is 0 Å². The van der Waals surface area contributed by atoms with E-state index in [9.17, 15) is 0 Å². The van der Waals surface area contributed by atoms with E-state index in [1.807, 2.05) is 11.7 Å². The van der Waals surface area contributed by atoms with Crippen LogP contribution in [0, 0.1) is 0 Å². The van der Waals surface area contributed by atoms with Gasteiger partial charge in [0.25, 0.3) is 0 Å². The van der Waals surface area contributed by atoms with E-state index in [4.69, 9.17) is 0 Å². The van der Waals surface area contributed by atoms with Gasteiger partial charge in [0.05, 0.1) is 5.69 Å². The van der Waals surface area contributed by atoms with Gasteiger partial charge in [-0.25, -0.2) is 0 Å². The van der Waals surface area contributed by atoms with Crippen molar-refractivity contribution in [3.8, 4) is 0 Å². The quantitative estimate of drug-likeness (QED) is 0.740. The van der Waals surface area contributed by atoms with E-state index >= 15 is 0 Å². The minimum Gasteiger partial charge on any atom is -0.317 e. The molecule has 1 unspecified atom stereocenters. The molecule has 0 aliphatic carbocycles. The highest BCUT2D eigenvalue weighted by molar-refractivity contribution is 5.11. The number of rotatable bonds is 9. The molecule has 0 radical (unpaired) electrons. The number of aromatic nitrogens is 2. The van der Waals surface area contributed by atoms with Gasteiger partial charge in [-0.15, -0.1) is 0 Å². The van der Waals surface area contributed by atoms with Gasteiger partial charge >= 0.3 is 0 Å². The maximum Gasteiger partial charge on any atom is 0.0624 e. The third kappa shape index (κ3) is 4.96. The minimum atomic E-state index is 0.528. The van der Waals surface area contributed by atoms with Crippen LogP contribution in [-0.4, -0.2) is 47.4 Å². The maximum atomic E-state index is 4.52. The molecule has 0 aromatic carbocycles. The topological polar surface area (TPSA) is 33.1 Å². The maximum absolute atomic E-state index is 4.52. The van der Waals surface area contributed by atoms with Gasteiger partial charge in [0.15, 0.2) is 0 Å². The Kier molecular flexibility index (Phi) is 7.10. The summed E-state index contributed by atoms with van der Waals surface area (Å²) in [5.41, 5.74) is 2.52. The molecular formula is C15H30N4. The van der Waals surface area contributed by atoms with Crippen LogP contribution in [0.4, 0.5) is 0 Å². The van der Waals surface area contributed by atoms with Crippen molar-refractivity contribution in [1.82, 2.24) is 20.0 Å². The molecule has 1 heterocycles. The number of likely N-dealkylation sites (N-methyl/N-ethyl adjacent to an activating group) is 1. The number of nitrogens with zero attached hydrogens (tertiary/aromatic N) is 3. The molecular weight excluding hydrogens is 236 g/mol. The molecule has 1 rings (SSSR count). The summed E-state index contributed by atoms with van der Waals surface area (Å²) in [5.74, 6) is 0. The summed E-state index contributed by atoms with van der Waals surface area (Å²) in [5, 5.41) is 7.96. The second-order valence-corrected chi connectivity index (χ2v) is 5.11. The fraction of sp³-hybridized carbons (Fsp3) is 0.800. The third-order valence-electron chi connectivity index (χ3n) is 3.94. The van der Waals surface area contributed by atoms with Gasteiger partial charge in [0.2, 0.25) is 0 Å². The zero-order valence-corrected chi connectivity index (χ0v) is 13.2. The standard InChI is InChI=1S/C15H30N4/c1-6-13-11-15(18(5)17-13)12-14(16-4)9-10-19(7-2)8-3/h11,14,16H,6-10,12H2,1-5H3. The Bertz CT molecular complexity index is 355. The molecule has 1 N–H and O–H groups in total. The first-order chi connectivity index (χ1) is 9.14. The van der Waals surface area contributed by atoms with Crippen LogP contribution in [0.5, 0.6) is 0 Å². The Labute approximate surface area is 118 Å². The summed E-state index contributed by atoms with van der Waals surface area (Å²) in [6.07, 6.45) is 3.25. The molecule has 0 bridgehead atoms. The summed E-state index contributed by atoms with van der Waals surface area (Å²) in [7, 11) is 4.11. The van der Waals surface area contributed by atoms with Crippen molar-refractivity contribution in [2.75, 3.05) is 26.7 Å². The molecule has 1 aromatic rings. The first-order valence-corrected chi connectivity index (χ1v) is 7.55. The molecule has 0 saturated heterocycles. The van der Waals surface area contributed by atoms with Gasteiger partial charge < -0.3 is 10.2 Å². The largest absolute Gasteiger partial charge is 0.317 e. The van der Waals surface area contributed by atoms with Gasteiger partial charge in [-0.3, -0.25) is 4.68 Å². The summed E-state index contributed by atoms with van der Waals surface area (Å²) in [6, 6.07) is 2.77. The molecule has 0 saturated carbocycles. The van der Waals surface area contributed by atoms with Gasteiger partial charge in [0.1, 0.15) is 0 Å². The van der Waals surface area contributed by atoms with E-state index in [2.05, 4.69) is 49.2 Å². The van der Waals surface area contributed by atoms with Crippen molar-refractivity contribution in [2.45, 2.75) is 46.1 Å². The zero-order valence-electron chi connectivity index (χ0n) is 13.2. The Morgan fingerprint density at radius 1 is 1.32 bits per heavy atom. The molecule has 0 aliphatic rings. The SMILES string of the molecule is CCc1cc(CC(CCN(CC)CC)NC)n(C)n1. The summed E-state index contributed by atoms with van der Waals surface area (Å²) in [6.45, 7) is 10.1. The van der Waals surface area contributed by atoms with Crippen LogP contribution < -0.4 is 5.32 Å². The zero-order chi connectivity index (χ0) is 14.3. The smallest absolute Gasteiger partial charge is 0.0624 e. The van der Waals surface area contributed by atoms with Crippen molar-refractivity contribution < 1.29 is 0 Å². The Morgan fingerprint density at radius 2 is 2.00 bits per heavy atom. The molecule has 0 fully saturated rings. The van der Waals surface area contributed by atoms with Gasteiger partial charge in [-0.2, -0.15) is 5.10 Å². The van der Waals surface area contributed by atoms with Crippen LogP contribution in [0.1, 0.15) is 38.6 Å². The third-order valence-corrected chi connectivity index (χ3v) is 3.94. The molecule has 1 aromatic heterocycles. The van der Waals surface area contributed by atoms with Gasteiger partial charge in [0, 0.05) is 25.2 Å². The van der Waals surface area contributed by atoms with Crippen LogP contribution in [0.3, 0.4) is 0 Å². The van der Waals surface area contributed by atoms with Crippen LogP contribution in [0.15, 0.2) is 6.07 Å². The Balaban J connectivity index is 2.53. The highest BCUT2D eigenvalue weighted by Gasteiger charge is 2.12.